The van der Waals surface area contributed by atoms with Gasteiger partial charge in [0.15, 0.2) is 11.2 Å². The molecule has 3 heterocycles. The minimum atomic E-state index is -2.54. The number of benzene rings is 2. The molecule has 7 heteroatoms. The first-order valence-electron chi connectivity index (χ1n) is 8.23. The van der Waals surface area contributed by atoms with Crippen LogP contribution in [-0.2, 0) is 0 Å². The van der Waals surface area contributed by atoms with Gasteiger partial charge in [0.2, 0.25) is 11.8 Å². The Morgan fingerprint density at radius 2 is 1.41 bits per heavy atom. The lowest BCUT2D eigenvalue weighted by molar-refractivity contribution is 0.151. The monoisotopic (exact) mass is 382 g/mol. The van der Waals surface area contributed by atoms with Crippen LogP contribution < -0.4 is 0 Å². The molecule has 0 amide bonds. The number of alkyl halides is 2. The molecule has 0 saturated heterocycles. The summed E-state index contributed by atoms with van der Waals surface area (Å²) in [4.78, 5) is 10.5. The van der Waals surface area contributed by atoms with Gasteiger partial charge < -0.3 is 8.83 Å². The van der Waals surface area contributed by atoms with Gasteiger partial charge in [0, 0.05) is 5.56 Å². The Morgan fingerprint density at radius 1 is 0.815 bits per heavy atom. The molecule has 4 nitrogen and oxygen atoms in total. The van der Waals surface area contributed by atoms with Crippen LogP contribution >= 0.6 is 11.3 Å². The quantitative estimate of drug-likeness (QED) is 0.352. The zero-order valence-corrected chi connectivity index (χ0v) is 14.9. The highest BCUT2D eigenvalue weighted by molar-refractivity contribution is 7.18. The van der Waals surface area contributed by atoms with Crippen LogP contribution in [0.4, 0.5) is 8.78 Å². The fourth-order valence-corrected chi connectivity index (χ4v) is 3.75. The summed E-state index contributed by atoms with van der Waals surface area (Å²) < 4.78 is 37.3. The van der Waals surface area contributed by atoms with Gasteiger partial charge in [0.05, 0.1) is 9.75 Å². The van der Waals surface area contributed by atoms with E-state index in [1.54, 1.807) is 0 Å². The Bertz CT molecular complexity index is 1290. The molecule has 0 saturated carbocycles. The van der Waals surface area contributed by atoms with E-state index in [1.807, 2.05) is 37.3 Å². The zero-order chi connectivity index (χ0) is 18.5. The molecular formula is C20H12F2N2O2S. The Labute approximate surface area is 156 Å². The minimum absolute atomic E-state index is 0.0732. The predicted molar refractivity (Wildman–Crippen MR) is 100 cm³/mol. The highest BCUT2D eigenvalue weighted by Gasteiger charge is 2.16. The number of nitrogens with zero attached hydrogens (tertiary/aromatic N) is 2. The van der Waals surface area contributed by atoms with Crippen molar-refractivity contribution >= 4 is 33.5 Å². The molecule has 134 valence electrons. The Kier molecular flexibility index (Phi) is 3.58. The number of rotatable bonds is 3. The highest BCUT2D eigenvalue weighted by atomic mass is 32.1. The van der Waals surface area contributed by atoms with E-state index >= 15 is 0 Å². The van der Waals surface area contributed by atoms with Crippen molar-refractivity contribution in [3.8, 4) is 21.5 Å². The van der Waals surface area contributed by atoms with E-state index in [-0.39, 0.29) is 5.56 Å². The van der Waals surface area contributed by atoms with E-state index in [1.165, 1.54) is 29.5 Å². The summed E-state index contributed by atoms with van der Waals surface area (Å²) in [5.41, 5.74) is 3.46. The maximum absolute atomic E-state index is 12.9. The summed E-state index contributed by atoms with van der Waals surface area (Å²) in [6, 6.07) is 13.8. The lowest BCUT2D eigenvalue weighted by atomic mass is 10.2. The SMILES string of the molecule is Cc1ccc2oc(-c3ccc(-c4nc5cc(C(F)F)ccc5o4)s3)nc2c1. The van der Waals surface area contributed by atoms with Gasteiger partial charge in [-0.3, -0.25) is 0 Å². The lowest BCUT2D eigenvalue weighted by Gasteiger charge is -1.96. The molecule has 0 bridgehead atoms. The van der Waals surface area contributed by atoms with Crippen molar-refractivity contribution in [2.24, 2.45) is 0 Å². The van der Waals surface area contributed by atoms with E-state index in [9.17, 15) is 8.78 Å². The molecule has 3 aromatic heterocycles. The first kappa shape index (κ1) is 16.1. The van der Waals surface area contributed by atoms with Crippen molar-refractivity contribution < 1.29 is 17.6 Å². The van der Waals surface area contributed by atoms with Crippen LogP contribution in [-0.4, -0.2) is 9.97 Å². The lowest BCUT2D eigenvalue weighted by Crippen LogP contribution is -1.82. The van der Waals surface area contributed by atoms with Crippen molar-refractivity contribution in [2.75, 3.05) is 0 Å². The zero-order valence-electron chi connectivity index (χ0n) is 14.1. The fourth-order valence-electron chi connectivity index (χ4n) is 2.90. The number of aromatic nitrogens is 2. The Morgan fingerprint density at radius 3 is 2.04 bits per heavy atom. The number of hydrogen-bond donors (Lipinski definition) is 0. The van der Waals surface area contributed by atoms with Gasteiger partial charge in [-0.25, -0.2) is 18.7 Å². The average Bonchev–Trinajstić information content (AvgIpc) is 3.37. The standard InChI is InChI=1S/C20H12F2N2O2S/c1-10-2-4-14-12(8-10)23-19(25-14)16-6-7-17(27-16)20-24-13-9-11(18(21)22)3-5-15(13)26-20/h2-9,18H,1H3. The topological polar surface area (TPSA) is 52.1 Å². The molecule has 0 atom stereocenters. The van der Waals surface area contributed by atoms with Gasteiger partial charge in [0.25, 0.3) is 6.43 Å². The summed E-state index contributed by atoms with van der Waals surface area (Å²) in [6.45, 7) is 2.00. The van der Waals surface area contributed by atoms with Gasteiger partial charge >= 0.3 is 0 Å². The van der Waals surface area contributed by atoms with Gasteiger partial charge in [-0.2, -0.15) is 0 Å². The van der Waals surface area contributed by atoms with Crippen molar-refractivity contribution in [1.82, 2.24) is 9.97 Å². The van der Waals surface area contributed by atoms with Crippen LogP contribution in [0.2, 0.25) is 0 Å². The third kappa shape index (κ3) is 2.80. The van der Waals surface area contributed by atoms with E-state index in [2.05, 4.69) is 9.97 Å². The molecule has 0 unspecified atom stereocenters. The van der Waals surface area contributed by atoms with Crippen molar-refractivity contribution in [1.29, 1.82) is 0 Å². The molecule has 0 aliphatic carbocycles. The Balaban J connectivity index is 1.53. The summed E-state index contributed by atoms with van der Waals surface area (Å²) in [6.07, 6.45) is -2.54. The van der Waals surface area contributed by atoms with Gasteiger partial charge in [0.1, 0.15) is 11.0 Å². The summed E-state index contributed by atoms with van der Waals surface area (Å²) in [7, 11) is 0. The molecule has 0 fully saturated rings. The van der Waals surface area contributed by atoms with E-state index < -0.39 is 6.43 Å². The molecular weight excluding hydrogens is 370 g/mol. The van der Waals surface area contributed by atoms with Crippen molar-refractivity contribution in [2.45, 2.75) is 13.3 Å². The van der Waals surface area contributed by atoms with Gasteiger partial charge in [-0.1, -0.05) is 6.07 Å². The number of fused-ring (bicyclic) bond motifs is 2. The molecule has 2 aromatic carbocycles. The Hall–Kier alpha value is -3.06. The average molecular weight is 382 g/mol. The highest BCUT2D eigenvalue weighted by Crippen LogP contribution is 2.36. The van der Waals surface area contributed by atoms with Crippen LogP contribution in [0.15, 0.2) is 57.4 Å². The van der Waals surface area contributed by atoms with Crippen molar-refractivity contribution in [3.63, 3.8) is 0 Å². The molecule has 5 rings (SSSR count). The maximum Gasteiger partial charge on any atom is 0.263 e. The first-order valence-corrected chi connectivity index (χ1v) is 9.05. The molecule has 0 aliphatic rings. The van der Waals surface area contributed by atoms with Gasteiger partial charge in [-0.05, 0) is 55.0 Å². The molecule has 27 heavy (non-hydrogen) atoms. The second kappa shape index (κ2) is 5.99. The second-order valence-electron chi connectivity index (χ2n) is 6.20. The second-order valence-corrected chi connectivity index (χ2v) is 7.28. The largest absolute Gasteiger partial charge is 0.435 e. The molecule has 0 radical (unpaired) electrons. The number of oxazole rings is 2. The van der Waals surface area contributed by atoms with E-state index in [0.29, 0.717) is 22.9 Å². The molecule has 0 N–H and O–H groups in total. The first-order chi connectivity index (χ1) is 13.1. The smallest absolute Gasteiger partial charge is 0.263 e. The third-order valence-corrected chi connectivity index (χ3v) is 5.30. The molecule has 0 spiro atoms. The number of aryl methyl sites for hydroxylation is 1. The summed E-state index contributed by atoms with van der Waals surface area (Å²) in [5.74, 6) is 0.919. The van der Waals surface area contributed by atoms with E-state index in [0.717, 1.165) is 26.4 Å². The number of halogens is 2. The summed E-state index contributed by atoms with van der Waals surface area (Å²) >= 11 is 1.42. The number of hydrogen-bond acceptors (Lipinski definition) is 5. The van der Waals surface area contributed by atoms with Crippen LogP contribution in [0.5, 0.6) is 0 Å². The van der Waals surface area contributed by atoms with Crippen LogP contribution in [0, 0.1) is 6.92 Å². The van der Waals surface area contributed by atoms with Crippen LogP contribution in [0.3, 0.4) is 0 Å². The van der Waals surface area contributed by atoms with Gasteiger partial charge in [-0.15, -0.1) is 11.3 Å². The van der Waals surface area contributed by atoms with Crippen LogP contribution in [0.25, 0.3) is 43.7 Å². The maximum atomic E-state index is 12.9. The fraction of sp³-hybridized carbons (Fsp3) is 0.100. The molecule has 0 aliphatic heterocycles. The van der Waals surface area contributed by atoms with E-state index in [4.69, 9.17) is 8.83 Å². The minimum Gasteiger partial charge on any atom is -0.435 e. The molecule has 5 aromatic rings. The third-order valence-electron chi connectivity index (χ3n) is 4.23. The predicted octanol–water partition coefficient (Wildman–Crippen LogP) is 6.61. The number of thiophene rings is 1. The summed E-state index contributed by atoms with van der Waals surface area (Å²) in [5, 5.41) is 0. The normalized spacial score (nSPS) is 11.9. The van der Waals surface area contributed by atoms with Crippen molar-refractivity contribution in [3.05, 3.63) is 59.7 Å². The van der Waals surface area contributed by atoms with Crippen LogP contribution in [0.1, 0.15) is 17.6 Å².